The van der Waals surface area contributed by atoms with Crippen molar-refractivity contribution < 1.29 is 13.9 Å². The van der Waals surface area contributed by atoms with Crippen molar-refractivity contribution in [2.45, 2.75) is 27.2 Å². The van der Waals surface area contributed by atoms with Crippen LogP contribution in [0.15, 0.2) is 24.3 Å². The minimum Gasteiger partial charge on any atom is -0.461 e. The zero-order chi connectivity index (χ0) is 17.3. The van der Waals surface area contributed by atoms with E-state index >= 15 is 0 Å². The first kappa shape index (κ1) is 16.0. The van der Waals surface area contributed by atoms with Gasteiger partial charge < -0.3 is 4.74 Å². The maximum Gasteiger partial charge on any atom is 0.360 e. The molecule has 7 heteroatoms. The Morgan fingerprint density at radius 3 is 2.54 bits per heavy atom. The van der Waals surface area contributed by atoms with Gasteiger partial charge in [-0.15, -0.1) is 10.2 Å². The summed E-state index contributed by atoms with van der Waals surface area (Å²) in [6, 6.07) is 6.15. The predicted molar refractivity (Wildman–Crippen MR) is 86.2 cm³/mol. The average Bonchev–Trinajstić information content (AvgIpc) is 2.95. The normalized spacial score (nSPS) is 11.0. The number of aromatic nitrogens is 4. The van der Waals surface area contributed by atoms with E-state index in [1.807, 2.05) is 6.92 Å². The summed E-state index contributed by atoms with van der Waals surface area (Å²) in [4.78, 5) is 12.0. The molecule has 3 rings (SSSR count). The lowest BCUT2D eigenvalue weighted by atomic mass is 10.0. The Bertz CT molecular complexity index is 903. The Kier molecular flexibility index (Phi) is 4.24. The second-order valence-corrected chi connectivity index (χ2v) is 5.27. The Hall–Kier alpha value is -2.83. The molecule has 0 aliphatic carbocycles. The fourth-order valence-electron chi connectivity index (χ4n) is 2.60. The molecule has 0 saturated heterocycles. The minimum absolute atomic E-state index is 0.139. The van der Waals surface area contributed by atoms with Gasteiger partial charge in [0.05, 0.1) is 23.6 Å². The molecule has 0 radical (unpaired) electrons. The molecule has 1 aromatic carbocycles. The van der Waals surface area contributed by atoms with Crippen LogP contribution in [0.1, 0.15) is 35.7 Å². The summed E-state index contributed by atoms with van der Waals surface area (Å²) in [7, 11) is 0. The number of carbonyl (C=O) groups excluding carboxylic acids is 1. The van der Waals surface area contributed by atoms with E-state index in [0.717, 1.165) is 16.8 Å². The van der Waals surface area contributed by atoms with E-state index in [-0.39, 0.29) is 18.1 Å². The number of hydrogen-bond acceptors (Lipinski definition) is 5. The van der Waals surface area contributed by atoms with Crippen molar-refractivity contribution in [2.75, 3.05) is 6.61 Å². The van der Waals surface area contributed by atoms with Crippen LogP contribution in [0, 0.1) is 12.7 Å². The third-order valence-corrected chi connectivity index (χ3v) is 3.78. The van der Waals surface area contributed by atoms with Gasteiger partial charge in [0.25, 0.3) is 0 Å². The van der Waals surface area contributed by atoms with Gasteiger partial charge in [-0.3, -0.25) is 0 Å². The molecule has 3 aromatic rings. The van der Waals surface area contributed by atoms with E-state index in [1.165, 1.54) is 12.1 Å². The number of benzene rings is 1. The summed E-state index contributed by atoms with van der Waals surface area (Å²) in [5.41, 5.74) is 3.63. The molecular formula is C17H17FN4O2. The highest BCUT2D eigenvalue weighted by atomic mass is 19.1. The number of ether oxygens (including phenoxy) is 1. The van der Waals surface area contributed by atoms with Crippen LogP contribution in [-0.4, -0.2) is 32.4 Å². The van der Waals surface area contributed by atoms with Crippen molar-refractivity contribution in [3.8, 4) is 11.1 Å². The van der Waals surface area contributed by atoms with Crippen LogP contribution in [0.4, 0.5) is 4.39 Å². The highest BCUT2D eigenvalue weighted by molar-refractivity contribution is 5.89. The SMILES string of the molecule is CCOC(=O)c1nnc2c(-c3ccc(F)cc3)c(CC)nn2c1C. The maximum atomic E-state index is 13.2. The van der Waals surface area contributed by atoms with E-state index in [4.69, 9.17) is 4.74 Å². The number of esters is 1. The number of fused-ring (bicyclic) bond motifs is 1. The second kappa shape index (κ2) is 6.35. The summed E-state index contributed by atoms with van der Waals surface area (Å²) in [5, 5.41) is 12.7. The van der Waals surface area contributed by atoms with Crippen molar-refractivity contribution >= 4 is 11.6 Å². The Morgan fingerprint density at radius 2 is 1.92 bits per heavy atom. The summed E-state index contributed by atoms with van der Waals surface area (Å²) in [5.74, 6) is -0.832. The maximum absolute atomic E-state index is 13.2. The molecule has 0 spiro atoms. The van der Waals surface area contributed by atoms with E-state index in [0.29, 0.717) is 17.8 Å². The van der Waals surface area contributed by atoms with Gasteiger partial charge in [0.1, 0.15) is 5.82 Å². The van der Waals surface area contributed by atoms with Gasteiger partial charge in [-0.25, -0.2) is 13.7 Å². The molecule has 6 nitrogen and oxygen atoms in total. The summed E-state index contributed by atoms with van der Waals surface area (Å²) in [6.07, 6.45) is 0.671. The van der Waals surface area contributed by atoms with Crippen molar-refractivity contribution in [1.29, 1.82) is 0 Å². The topological polar surface area (TPSA) is 69.4 Å². The van der Waals surface area contributed by atoms with Gasteiger partial charge in [-0.2, -0.15) is 5.10 Å². The number of hydrogen-bond donors (Lipinski definition) is 0. The molecular weight excluding hydrogens is 311 g/mol. The molecule has 0 atom stereocenters. The fourth-order valence-corrected chi connectivity index (χ4v) is 2.60. The lowest BCUT2D eigenvalue weighted by molar-refractivity contribution is 0.0516. The van der Waals surface area contributed by atoms with Crippen LogP contribution in [-0.2, 0) is 11.2 Å². The first-order chi connectivity index (χ1) is 11.6. The lowest BCUT2D eigenvalue weighted by Crippen LogP contribution is -2.14. The molecule has 2 aromatic heterocycles. The molecule has 0 bridgehead atoms. The van der Waals surface area contributed by atoms with Gasteiger partial charge in [0.2, 0.25) is 0 Å². The monoisotopic (exact) mass is 328 g/mol. The Morgan fingerprint density at radius 1 is 1.21 bits per heavy atom. The van der Waals surface area contributed by atoms with Crippen LogP contribution in [0.2, 0.25) is 0 Å². The number of halogens is 1. The van der Waals surface area contributed by atoms with Gasteiger partial charge >= 0.3 is 5.97 Å². The first-order valence-corrected chi connectivity index (χ1v) is 7.74. The third kappa shape index (κ3) is 2.62. The molecule has 124 valence electrons. The van der Waals surface area contributed by atoms with Crippen LogP contribution < -0.4 is 0 Å². The zero-order valence-corrected chi connectivity index (χ0v) is 13.7. The Balaban J connectivity index is 2.22. The smallest absolute Gasteiger partial charge is 0.360 e. The van der Waals surface area contributed by atoms with Gasteiger partial charge in [-0.05, 0) is 38.0 Å². The van der Waals surface area contributed by atoms with Crippen LogP contribution >= 0.6 is 0 Å². The number of rotatable bonds is 4. The van der Waals surface area contributed by atoms with Crippen molar-refractivity contribution in [1.82, 2.24) is 19.8 Å². The van der Waals surface area contributed by atoms with Crippen molar-refractivity contribution in [2.24, 2.45) is 0 Å². The van der Waals surface area contributed by atoms with Gasteiger partial charge in [0, 0.05) is 0 Å². The highest BCUT2D eigenvalue weighted by Gasteiger charge is 2.21. The van der Waals surface area contributed by atoms with Crippen LogP contribution in [0.5, 0.6) is 0 Å². The number of nitrogens with zero attached hydrogens (tertiary/aromatic N) is 4. The summed E-state index contributed by atoms with van der Waals surface area (Å²) < 4.78 is 19.8. The molecule has 0 amide bonds. The predicted octanol–water partition coefficient (Wildman–Crippen LogP) is 2.98. The van der Waals surface area contributed by atoms with E-state index in [2.05, 4.69) is 15.3 Å². The summed E-state index contributed by atoms with van der Waals surface area (Å²) >= 11 is 0. The molecule has 0 aliphatic rings. The van der Waals surface area contributed by atoms with E-state index < -0.39 is 5.97 Å². The zero-order valence-electron chi connectivity index (χ0n) is 13.7. The molecule has 2 heterocycles. The van der Waals surface area contributed by atoms with Crippen LogP contribution in [0.25, 0.3) is 16.8 Å². The molecule has 0 fully saturated rings. The molecule has 24 heavy (non-hydrogen) atoms. The van der Waals surface area contributed by atoms with Gasteiger partial charge in [0.15, 0.2) is 11.3 Å². The molecule has 0 aliphatic heterocycles. The highest BCUT2D eigenvalue weighted by Crippen LogP contribution is 2.28. The molecule has 0 N–H and O–H groups in total. The summed E-state index contributed by atoms with van der Waals surface area (Å²) in [6.45, 7) is 5.71. The average molecular weight is 328 g/mol. The van der Waals surface area contributed by atoms with E-state index in [1.54, 1.807) is 30.5 Å². The van der Waals surface area contributed by atoms with Crippen LogP contribution in [0.3, 0.4) is 0 Å². The standard InChI is InChI=1S/C17H17FN4O2/c1-4-13-14(11-6-8-12(18)9-7-11)16-20-19-15(17(23)24-5-2)10(3)22(16)21-13/h6-9H,4-5H2,1-3H3. The second-order valence-electron chi connectivity index (χ2n) is 5.27. The molecule has 0 saturated carbocycles. The number of carbonyl (C=O) groups is 1. The van der Waals surface area contributed by atoms with Crippen molar-refractivity contribution in [3.05, 3.63) is 47.2 Å². The number of aryl methyl sites for hydroxylation is 2. The largest absolute Gasteiger partial charge is 0.461 e. The van der Waals surface area contributed by atoms with Crippen molar-refractivity contribution in [3.63, 3.8) is 0 Å². The third-order valence-electron chi connectivity index (χ3n) is 3.78. The molecule has 0 unspecified atom stereocenters. The fraction of sp³-hybridized carbons (Fsp3) is 0.294. The Labute approximate surface area is 138 Å². The van der Waals surface area contributed by atoms with E-state index in [9.17, 15) is 9.18 Å². The lowest BCUT2D eigenvalue weighted by Gasteiger charge is -2.05. The minimum atomic E-state index is -0.527. The van der Waals surface area contributed by atoms with Gasteiger partial charge in [-0.1, -0.05) is 19.1 Å². The quantitative estimate of drug-likeness (QED) is 0.689. The first-order valence-electron chi connectivity index (χ1n) is 7.74.